The summed E-state index contributed by atoms with van der Waals surface area (Å²) in [5, 5.41) is 0.232. The number of amides is 1. The van der Waals surface area contributed by atoms with Crippen molar-refractivity contribution in [3.63, 3.8) is 0 Å². The van der Waals surface area contributed by atoms with Gasteiger partial charge in [0.15, 0.2) is 10.8 Å². The lowest BCUT2D eigenvalue weighted by Gasteiger charge is -2.29. The lowest BCUT2D eigenvalue weighted by molar-refractivity contribution is -0.120. The van der Waals surface area contributed by atoms with Crippen LogP contribution in [-0.2, 0) is 11.2 Å². The number of rotatable bonds is 5. The molecule has 2 aromatic rings. The molecule has 0 saturated carbocycles. The number of carbonyl (C=O) groups excluding carboxylic acids is 1. The monoisotopic (exact) mass is 409 g/mol. The van der Waals surface area contributed by atoms with Crippen molar-refractivity contribution in [1.82, 2.24) is 0 Å². The van der Waals surface area contributed by atoms with Gasteiger partial charge in [-0.2, -0.15) is 0 Å². The van der Waals surface area contributed by atoms with E-state index in [1.165, 1.54) is 29.5 Å². The number of halogens is 1. The van der Waals surface area contributed by atoms with Crippen molar-refractivity contribution >= 4 is 40.3 Å². The Morgan fingerprint density at radius 3 is 2.41 bits per heavy atom. The topological polar surface area (TPSA) is 27.9 Å². The van der Waals surface area contributed by atoms with Crippen LogP contribution in [0.25, 0.3) is 4.85 Å². The summed E-state index contributed by atoms with van der Waals surface area (Å²) in [5.74, 6) is -0.895. The van der Waals surface area contributed by atoms with Crippen LogP contribution in [0.1, 0.15) is 44.7 Å². The van der Waals surface area contributed by atoms with E-state index in [9.17, 15) is 9.18 Å². The minimum atomic E-state index is -0.958. The predicted octanol–water partition coefficient (Wildman–Crippen LogP) is 5.94. The summed E-state index contributed by atoms with van der Waals surface area (Å²) in [5.41, 5.74) is 1.59. The molecule has 150 valence electrons. The molecule has 1 amide bonds. The number of carbonyl (C=O) groups is 1. The molecule has 29 heavy (non-hydrogen) atoms. The Morgan fingerprint density at radius 1 is 1.17 bits per heavy atom. The first kappa shape index (κ1) is 20.9. The van der Waals surface area contributed by atoms with E-state index in [0.717, 1.165) is 24.9 Å². The van der Waals surface area contributed by atoms with Gasteiger partial charge in [-0.3, -0.25) is 9.69 Å². The van der Waals surface area contributed by atoms with Gasteiger partial charge in [-0.05, 0) is 75.2 Å². The molecule has 6 heteroatoms. The number of aryl methyl sites for hydroxylation is 1. The zero-order chi connectivity index (χ0) is 21.3. The largest absolute Gasteiger partial charge is 0.304 e. The number of benzene rings is 2. The minimum absolute atomic E-state index is 0.0834. The Hall–Kier alpha value is -2.78. The van der Waals surface area contributed by atoms with Crippen LogP contribution >= 0.6 is 12.2 Å². The molecule has 2 aromatic carbocycles. The first-order valence-electron chi connectivity index (χ1n) is 9.68. The first-order valence-corrected chi connectivity index (χ1v) is 10.1. The van der Waals surface area contributed by atoms with Crippen molar-refractivity contribution in [2.24, 2.45) is 0 Å². The van der Waals surface area contributed by atoms with Gasteiger partial charge in [0, 0.05) is 5.69 Å². The lowest BCUT2D eigenvalue weighted by atomic mass is 10.0. The van der Waals surface area contributed by atoms with Crippen LogP contribution in [0, 0.1) is 19.3 Å². The third kappa shape index (κ3) is 3.51. The number of unbranched alkanes of at least 4 members (excludes halogenated alkanes) is 1. The number of thiocarbonyl (C=S) groups is 1. The minimum Gasteiger partial charge on any atom is -0.304 e. The molecule has 0 bridgehead atoms. The second-order valence-corrected chi connectivity index (χ2v) is 8.11. The lowest BCUT2D eigenvalue weighted by Crippen LogP contribution is -2.44. The van der Waals surface area contributed by atoms with Gasteiger partial charge in [0.1, 0.15) is 11.4 Å². The maximum absolute atomic E-state index is 15.0. The molecular weight excluding hydrogens is 385 g/mol. The zero-order valence-corrected chi connectivity index (χ0v) is 17.9. The Kier molecular flexibility index (Phi) is 5.72. The molecule has 1 fully saturated rings. The third-order valence-electron chi connectivity index (χ3n) is 5.38. The van der Waals surface area contributed by atoms with Crippen LogP contribution in [0.3, 0.4) is 0 Å². The molecule has 1 heterocycles. The van der Waals surface area contributed by atoms with E-state index >= 15 is 0 Å². The summed E-state index contributed by atoms with van der Waals surface area (Å²) in [4.78, 5) is 19.6. The van der Waals surface area contributed by atoms with E-state index in [1.54, 1.807) is 18.7 Å². The SMILES string of the molecule is [C-]#[N+]c1ccc(N2C(=O)C(C)(C)N(c3ccc(CCCC)cc3)C2=S)c(F)c1C. The fourth-order valence-electron chi connectivity index (χ4n) is 3.59. The molecule has 0 N–H and O–H groups in total. The smallest absolute Gasteiger partial charge is 0.259 e. The summed E-state index contributed by atoms with van der Waals surface area (Å²) in [6.45, 7) is 14.4. The van der Waals surface area contributed by atoms with Crippen molar-refractivity contribution < 1.29 is 9.18 Å². The van der Waals surface area contributed by atoms with Crippen LogP contribution in [0.2, 0.25) is 0 Å². The third-order valence-corrected chi connectivity index (χ3v) is 5.75. The number of anilines is 2. The summed E-state index contributed by atoms with van der Waals surface area (Å²) in [6, 6.07) is 11.0. The van der Waals surface area contributed by atoms with Gasteiger partial charge in [0.05, 0.1) is 12.3 Å². The van der Waals surface area contributed by atoms with Crippen LogP contribution in [0.5, 0.6) is 0 Å². The van der Waals surface area contributed by atoms with Crippen molar-refractivity contribution in [3.8, 4) is 0 Å². The van der Waals surface area contributed by atoms with Gasteiger partial charge in [0.2, 0.25) is 0 Å². The van der Waals surface area contributed by atoms with Gasteiger partial charge in [0.25, 0.3) is 5.91 Å². The maximum Gasteiger partial charge on any atom is 0.259 e. The van der Waals surface area contributed by atoms with Crippen LogP contribution in [-0.4, -0.2) is 16.6 Å². The Bertz CT molecular complexity index is 1010. The van der Waals surface area contributed by atoms with Crippen molar-refractivity contribution in [1.29, 1.82) is 0 Å². The van der Waals surface area contributed by atoms with Crippen LogP contribution < -0.4 is 9.80 Å². The second-order valence-electron chi connectivity index (χ2n) is 7.74. The highest BCUT2D eigenvalue weighted by Gasteiger charge is 2.50. The van der Waals surface area contributed by atoms with E-state index in [0.29, 0.717) is 0 Å². The molecule has 0 spiro atoms. The van der Waals surface area contributed by atoms with E-state index < -0.39 is 11.4 Å². The van der Waals surface area contributed by atoms with E-state index in [1.807, 2.05) is 24.3 Å². The van der Waals surface area contributed by atoms with E-state index in [-0.39, 0.29) is 28.0 Å². The fourth-order valence-corrected chi connectivity index (χ4v) is 4.10. The summed E-state index contributed by atoms with van der Waals surface area (Å²) in [6.07, 6.45) is 3.26. The molecule has 0 aliphatic carbocycles. The normalized spacial score (nSPS) is 15.7. The molecule has 0 radical (unpaired) electrons. The highest BCUT2D eigenvalue weighted by molar-refractivity contribution is 7.81. The van der Waals surface area contributed by atoms with E-state index in [2.05, 4.69) is 11.8 Å². The molecule has 3 rings (SSSR count). The molecule has 1 saturated heterocycles. The average molecular weight is 410 g/mol. The van der Waals surface area contributed by atoms with Crippen molar-refractivity contribution in [2.45, 2.75) is 52.5 Å². The Morgan fingerprint density at radius 2 is 1.83 bits per heavy atom. The summed E-state index contributed by atoms with van der Waals surface area (Å²) >= 11 is 5.62. The molecule has 1 aliphatic heterocycles. The average Bonchev–Trinajstić information content (AvgIpc) is 2.87. The molecule has 1 aliphatic rings. The van der Waals surface area contributed by atoms with Crippen molar-refractivity contribution in [3.05, 3.63) is 64.8 Å². The second kappa shape index (κ2) is 7.92. The summed E-state index contributed by atoms with van der Waals surface area (Å²) < 4.78 is 15.0. The van der Waals surface area contributed by atoms with Crippen LogP contribution in [0.15, 0.2) is 36.4 Å². The van der Waals surface area contributed by atoms with Crippen molar-refractivity contribution in [2.75, 3.05) is 9.80 Å². The Balaban J connectivity index is 2.01. The molecule has 0 aromatic heterocycles. The summed E-state index contributed by atoms with van der Waals surface area (Å²) in [7, 11) is 0. The number of hydrogen-bond acceptors (Lipinski definition) is 2. The standard InChI is InChI=1S/C23H24FN3OS/c1-6-7-8-16-9-11-17(12-10-16)27-22(29)26(21(28)23(27,3)4)19-14-13-18(25-5)15(2)20(19)24/h9-14H,6-8H2,1-4H3. The van der Waals surface area contributed by atoms with Gasteiger partial charge >= 0.3 is 0 Å². The number of hydrogen-bond donors (Lipinski definition) is 0. The van der Waals surface area contributed by atoms with Gasteiger partial charge in [-0.15, -0.1) is 0 Å². The zero-order valence-electron chi connectivity index (χ0n) is 17.1. The first-order chi connectivity index (χ1) is 13.7. The van der Waals surface area contributed by atoms with Crippen LogP contribution in [0.4, 0.5) is 21.5 Å². The van der Waals surface area contributed by atoms with Gasteiger partial charge < -0.3 is 4.90 Å². The van der Waals surface area contributed by atoms with Gasteiger partial charge in [-0.25, -0.2) is 9.24 Å². The highest BCUT2D eigenvalue weighted by Crippen LogP contribution is 2.39. The quantitative estimate of drug-likeness (QED) is 0.452. The highest BCUT2D eigenvalue weighted by atomic mass is 32.1. The van der Waals surface area contributed by atoms with Gasteiger partial charge in [-0.1, -0.05) is 31.5 Å². The Labute approximate surface area is 176 Å². The predicted molar refractivity (Wildman–Crippen MR) is 119 cm³/mol. The van der Waals surface area contributed by atoms with E-state index in [4.69, 9.17) is 18.8 Å². The number of nitrogens with zero attached hydrogens (tertiary/aromatic N) is 3. The maximum atomic E-state index is 15.0. The molecule has 0 unspecified atom stereocenters. The molecule has 4 nitrogen and oxygen atoms in total. The molecule has 0 atom stereocenters. The fraction of sp³-hybridized carbons (Fsp3) is 0.348. The molecular formula is C23H24FN3OS.